The Labute approximate surface area is 154 Å². The molecule has 0 spiro atoms. The Morgan fingerprint density at radius 1 is 1.40 bits per heavy atom. The zero-order chi connectivity index (χ0) is 18.9. The van der Waals surface area contributed by atoms with Gasteiger partial charge in [-0.1, -0.05) is 11.6 Å². The zero-order valence-corrected chi connectivity index (χ0v) is 16.3. The van der Waals surface area contributed by atoms with Gasteiger partial charge in [-0.2, -0.15) is 0 Å². The maximum atomic E-state index is 13.7. The van der Waals surface area contributed by atoms with Crippen molar-refractivity contribution in [2.24, 2.45) is 0 Å². The molecule has 1 atom stereocenters. The number of ether oxygens (including phenoxy) is 1. The van der Waals surface area contributed by atoms with Gasteiger partial charge >= 0.3 is 6.09 Å². The van der Waals surface area contributed by atoms with Gasteiger partial charge in [0.15, 0.2) is 0 Å². The summed E-state index contributed by atoms with van der Waals surface area (Å²) in [5.74, 6) is 0. The average Bonchev–Trinajstić information content (AvgIpc) is 2.48. The third-order valence-electron chi connectivity index (χ3n) is 3.43. The Balaban J connectivity index is 2.08. The van der Waals surface area contributed by atoms with Crippen molar-refractivity contribution < 1.29 is 13.9 Å². The van der Waals surface area contributed by atoms with Crippen LogP contribution in [0.2, 0.25) is 5.02 Å². The summed E-state index contributed by atoms with van der Waals surface area (Å²) in [4.78, 5) is 15.7. The van der Waals surface area contributed by atoms with Gasteiger partial charge in [-0.05, 0) is 65.1 Å². The number of alkyl carbamates (subject to hydrolysis) is 1. The van der Waals surface area contributed by atoms with Crippen LogP contribution in [0.4, 0.5) is 9.18 Å². The lowest BCUT2D eigenvalue weighted by Gasteiger charge is -2.20. The molecule has 1 unspecified atom stereocenters. The van der Waals surface area contributed by atoms with Crippen molar-refractivity contribution in [2.75, 3.05) is 13.1 Å². The van der Waals surface area contributed by atoms with Crippen molar-refractivity contribution in [3.05, 3.63) is 28.5 Å². The predicted molar refractivity (Wildman–Crippen MR) is 98.7 cm³/mol. The molecular formula is C18H29ClFN3O2. The highest BCUT2D eigenvalue weighted by Gasteiger charge is 2.17. The number of aromatic nitrogens is 1. The van der Waals surface area contributed by atoms with Crippen molar-refractivity contribution in [3.63, 3.8) is 0 Å². The first kappa shape index (κ1) is 21.6. The van der Waals surface area contributed by atoms with Gasteiger partial charge in [0.05, 0.1) is 17.3 Å². The lowest BCUT2D eigenvalue weighted by atomic mass is 10.1. The Hall–Kier alpha value is -1.40. The number of amides is 1. The molecule has 142 valence electrons. The van der Waals surface area contributed by atoms with Crippen molar-refractivity contribution in [1.82, 2.24) is 15.6 Å². The maximum absolute atomic E-state index is 13.7. The normalized spacial score (nSPS) is 12.7. The number of hydrogen-bond acceptors (Lipinski definition) is 4. The molecule has 2 N–H and O–H groups in total. The first-order valence-corrected chi connectivity index (χ1v) is 8.98. The number of halogens is 2. The monoisotopic (exact) mass is 373 g/mol. The second kappa shape index (κ2) is 10.6. The maximum Gasteiger partial charge on any atom is 0.407 e. The SMILES string of the molecule is Cc1cc(Cl)cnc1CNCCCCC(F)CNC(=O)OC(C)(C)C. The molecule has 1 aromatic rings. The van der Waals surface area contributed by atoms with E-state index in [0.717, 1.165) is 30.6 Å². The summed E-state index contributed by atoms with van der Waals surface area (Å²) in [6, 6.07) is 1.89. The first-order valence-electron chi connectivity index (χ1n) is 8.60. The number of unbranched alkanes of at least 4 members (excludes halogenated alkanes) is 1. The summed E-state index contributed by atoms with van der Waals surface area (Å²) >= 11 is 5.87. The quantitative estimate of drug-likeness (QED) is 0.638. The molecule has 0 fully saturated rings. The van der Waals surface area contributed by atoms with Crippen LogP contribution in [0, 0.1) is 6.92 Å². The van der Waals surface area contributed by atoms with E-state index in [4.69, 9.17) is 16.3 Å². The van der Waals surface area contributed by atoms with Gasteiger partial charge in [-0.3, -0.25) is 4.98 Å². The molecule has 0 saturated carbocycles. The van der Waals surface area contributed by atoms with Gasteiger partial charge in [0.2, 0.25) is 0 Å². The van der Waals surface area contributed by atoms with Crippen molar-refractivity contribution in [1.29, 1.82) is 0 Å². The van der Waals surface area contributed by atoms with E-state index >= 15 is 0 Å². The van der Waals surface area contributed by atoms with Gasteiger partial charge in [0.25, 0.3) is 0 Å². The minimum absolute atomic E-state index is 0.0176. The first-order chi connectivity index (χ1) is 11.7. The molecular weight excluding hydrogens is 345 g/mol. The molecule has 1 aromatic heterocycles. The molecule has 0 aromatic carbocycles. The number of hydrogen-bond donors (Lipinski definition) is 2. The van der Waals surface area contributed by atoms with Crippen LogP contribution < -0.4 is 10.6 Å². The van der Waals surface area contributed by atoms with Crippen LogP contribution >= 0.6 is 11.6 Å². The lowest BCUT2D eigenvalue weighted by Crippen LogP contribution is -2.35. The van der Waals surface area contributed by atoms with Crippen LogP contribution in [-0.4, -0.2) is 35.9 Å². The number of alkyl halides is 1. The summed E-state index contributed by atoms with van der Waals surface area (Å²) in [6.07, 6.45) is 2.01. The fourth-order valence-corrected chi connectivity index (χ4v) is 2.40. The van der Waals surface area contributed by atoms with Crippen LogP contribution in [0.15, 0.2) is 12.3 Å². The van der Waals surface area contributed by atoms with E-state index in [1.165, 1.54) is 0 Å². The third-order valence-corrected chi connectivity index (χ3v) is 3.64. The third kappa shape index (κ3) is 10.2. The molecule has 1 amide bonds. The number of aryl methyl sites for hydroxylation is 1. The highest BCUT2D eigenvalue weighted by Crippen LogP contribution is 2.12. The average molecular weight is 374 g/mol. The summed E-state index contributed by atoms with van der Waals surface area (Å²) < 4.78 is 18.8. The molecule has 0 bridgehead atoms. The fourth-order valence-electron chi connectivity index (χ4n) is 2.19. The Morgan fingerprint density at radius 2 is 2.12 bits per heavy atom. The molecule has 0 radical (unpaired) electrons. The Morgan fingerprint density at radius 3 is 2.76 bits per heavy atom. The second-order valence-corrected chi connectivity index (χ2v) is 7.51. The topological polar surface area (TPSA) is 63.2 Å². The molecule has 0 aliphatic rings. The van der Waals surface area contributed by atoms with E-state index < -0.39 is 17.9 Å². The summed E-state index contributed by atoms with van der Waals surface area (Å²) in [5, 5.41) is 6.38. The zero-order valence-electron chi connectivity index (χ0n) is 15.5. The van der Waals surface area contributed by atoms with E-state index in [1.54, 1.807) is 27.0 Å². The van der Waals surface area contributed by atoms with Gasteiger partial charge in [0.1, 0.15) is 11.8 Å². The number of nitrogens with one attached hydrogen (secondary N) is 2. The number of carbonyl (C=O) groups is 1. The van der Waals surface area contributed by atoms with Gasteiger partial charge < -0.3 is 15.4 Å². The van der Waals surface area contributed by atoms with Gasteiger partial charge in [-0.25, -0.2) is 9.18 Å². The molecule has 7 heteroatoms. The molecule has 0 aliphatic carbocycles. The van der Waals surface area contributed by atoms with Gasteiger partial charge in [-0.15, -0.1) is 0 Å². The second-order valence-electron chi connectivity index (χ2n) is 7.07. The molecule has 0 saturated heterocycles. The predicted octanol–water partition coefficient (Wildman–Crippen LogP) is 4.17. The van der Waals surface area contributed by atoms with Crippen molar-refractivity contribution in [2.45, 2.75) is 65.3 Å². The van der Waals surface area contributed by atoms with Crippen molar-refractivity contribution >= 4 is 17.7 Å². The Kier molecular flexibility index (Phi) is 9.14. The smallest absolute Gasteiger partial charge is 0.407 e. The van der Waals surface area contributed by atoms with Gasteiger partial charge in [0, 0.05) is 12.7 Å². The number of carbonyl (C=O) groups excluding carboxylic acids is 1. The number of pyridine rings is 1. The minimum Gasteiger partial charge on any atom is -0.444 e. The largest absolute Gasteiger partial charge is 0.444 e. The standard InChI is InChI=1S/C18H29ClFN3O2/c1-13-9-14(19)10-22-16(13)12-21-8-6-5-7-15(20)11-23-17(24)25-18(2,3)4/h9-10,15,21H,5-8,11-12H2,1-4H3,(H,23,24). The van der Waals surface area contributed by atoms with E-state index in [-0.39, 0.29) is 6.54 Å². The van der Waals surface area contributed by atoms with Crippen LogP contribution in [-0.2, 0) is 11.3 Å². The lowest BCUT2D eigenvalue weighted by molar-refractivity contribution is 0.0512. The van der Waals surface area contributed by atoms with E-state index in [2.05, 4.69) is 15.6 Å². The summed E-state index contributed by atoms with van der Waals surface area (Å²) in [5.41, 5.74) is 1.45. The van der Waals surface area contributed by atoms with E-state index in [1.807, 2.05) is 13.0 Å². The number of nitrogens with zero attached hydrogens (tertiary/aromatic N) is 1. The summed E-state index contributed by atoms with van der Waals surface area (Å²) in [6.45, 7) is 8.73. The Bertz CT molecular complexity index is 550. The van der Waals surface area contributed by atoms with Crippen LogP contribution in [0.5, 0.6) is 0 Å². The summed E-state index contributed by atoms with van der Waals surface area (Å²) in [7, 11) is 0. The van der Waals surface area contributed by atoms with E-state index in [0.29, 0.717) is 18.0 Å². The van der Waals surface area contributed by atoms with Crippen molar-refractivity contribution in [3.8, 4) is 0 Å². The molecule has 1 rings (SSSR count). The van der Waals surface area contributed by atoms with Crippen LogP contribution in [0.1, 0.15) is 51.3 Å². The van der Waals surface area contributed by atoms with Crippen LogP contribution in [0.25, 0.3) is 0 Å². The van der Waals surface area contributed by atoms with Crippen LogP contribution in [0.3, 0.4) is 0 Å². The van der Waals surface area contributed by atoms with E-state index in [9.17, 15) is 9.18 Å². The highest BCUT2D eigenvalue weighted by atomic mass is 35.5. The number of rotatable bonds is 9. The molecule has 0 aliphatic heterocycles. The highest BCUT2D eigenvalue weighted by molar-refractivity contribution is 6.30. The fraction of sp³-hybridized carbons (Fsp3) is 0.667. The molecule has 25 heavy (non-hydrogen) atoms. The minimum atomic E-state index is -1.06. The molecule has 5 nitrogen and oxygen atoms in total. The molecule has 1 heterocycles.